The molecular formula is C79H141N2O6P. The Morgan fingerprint density at radius 2 is 0.705 bits per heavy atom. The molecule has 508 valence electrons. The van der Waals surface area contributed by atoms with Gasteiger partial charge in [-0.1, -0.05) is 334 Å². The van der Waals surface area contributed by atoms with Gasteiger partial charge in [0.1, 0.15) is 13.2 Å². The van der Waals surface area contributed by atoms with Gasteiger partial charge in [-0.3, -0.25) is 9.36 Å². The summed E-state index contributed by atoms with van der Waals surface area (Å²) in [5.41, 5.74) is 0. The highest BCUT2D eigenvalue weighted by atomic mass is 31.2. The van der Waals surface area contributed by atoms with Gasteiger partial charge in [-0.05, 0) is 103 Å². The molecule has 0 spiro atoms. The molecule has 0 bridgehead atoms. The summed E-state index contributed by atoms with van der Waals surface area (Å²) in [6, 6.07) is -0.917. The van der Waals surface area contributed by atoms with Crippen molar-refractivity contribution >= 4 is 13.7 Å². The van der Waals surface area contributed by atoms with E-state index >= 15 is 0 Å². The lowest BCUT2D eigenvalue weighted by atomic mass is 10.0. The van der Waals surface area contributed by atoms with Crippen molar-refractivity contribution in [3.8, 4) is 0 Å². The molecular weight excluding hydrogens is 1100 g/mol. The van der Waals surface area contributed by atoms with Gasteiger partial charge in [0.15, 0.2) is 0 Å². The normalized spacial score (nSPS) is 14.3. The van der Waals surface area contributed by atoms with E-state index in [1.165, 1.54) is 212 Å². The molecule has 1 amide bonds. The van der Waals surface area contributed by atoms with Crippen LogP contribution in [0, 0.1) is 0 Å². The first kappa shape index (κ1) is 84.9. The van der Waals surface area contributed by atoms with E-state index < -0.39 is 26.6 Å². The Labute approximate surface area is 545 Å². The summed E-state index contributed by atoms with van der Waals surface area (Å²) in [4.78, 5) is 25.7. The smallest absolute Gasteiger partial charge is 0.268 e. The second kappa shape index (κ2) is 68.3. The number of aliphatic hydroxyl groups is 1. The highest BCUT2D eigenvalue weighted by molar-refractivity contribution is 7.45. The maximum absolute atomic E-state index is 13.0. The van der Waals surface area contributed by atoms with Gasteiger partial charge in [0.25, 0.3) is 7.82 Å². The molecule has 0 fully saturated rings. The van der Waals surface area contributed by atoms with Crippen molar-refractivity contribution in [3.63, 3.8) is 0 Å². The van der Waals surface area contributed by atoms with Crippen LogP contribution in [0.2, 0.25) is 0 Å². The lowest BCUT2D eigenvalue weighted by Gasteiger charge is -2.29. The number of quaternary nitrogens is 1. The van der Waals surface area contributed by atoms with Crippen LogP contribution in [-0.2, 0) is 18.4 Å². The van der Waals surface area contributed by atoms with Crippen molar-refractivity contribution in [2.75, 3.05) is 40.9 Å². The van der Waals surface area contributed by atoms with Crippen molar-refractivity contribution in [2.24, 2.45) is 0 Å². The number of phosphoric acid groups is 1. The zero-order valence-electron chi connectivity index (χ0n) is 58.1. The minimum absolute atomic E-state index is 0.0124. The summed E-state index contributed by atoms with van der Waals surface area (Å²) in [5.74, 6) is -0.211. The second-order valence-corrected chi connectivity index (χ2v) is 27.3. The van der Waals surface area contributed by atoms with Crippen molar-refractivity contribution in [3.05, 3.63) is 122 Å². The van der Waals surface area contributed by atoms with E-state index in [0.29, 0.717) is 17.4 Å². The third kappa shape index (κ3) is 70.4. The van der Waals surface area contributed by atoms with Crippen LogP contribution in [0.1, 0.15) is 322 Å². The third-order valence-corrected chi connectivity index (χ3v) is 17.1. The van der Waals surface area contributed by atoms with E-state index in [-0.39, 0.29) is 12.5 Å². The lowest BCUT2D eigenvalue weighted by molar-refractivity contribution is -0.870. The Bertz CT molecular complexity index is 1850. The Morgan fingerprint density at radius 3 is 1.06 bits per heavy atom. The van der Waals surface area contributed by atoms with Gasteiger partial charge in [-0.25, -0.2) is 0 Å². The summed E-state index contributed by atoms with van der Waals surface area (Å²) >= 11 is 0. The molecule has 0 saturated carbocycles. The molecule has 0 saturated heterocycles. The molecule has 0 aliphatic rings. The average Bonchev–Trinajstić information content (AvgIpc) is 3.70. The summed E-state index contributed by atoms with van der Waals surface area (Å²) < 4.78 is 23.4. The maximum atomic E-state index is 13.0. The Hall–Kier alpha value is -3.10. The monoisotopic (exact) mass is 1250 g/mol. The number of hydrogen-bond donors (Lipinski definition) is 2. The topological polar surface area (TPSA) is 108 Å². The molecule has 0 radical (unpaired) electrons. The number of likely N-dealkylation sites (N-methyl/N-ethyl adjacent to an activating group) is 1. The highest BCUT2D eigenvalue weighted by Gasteiger charge is 2.23. The fourth-order valence-corrected chi connectivity index (χ4v) is 11.2. The molecule has 3 unspecified atom stereocenters. The van der Waals surface area contributed by atoms with Gasteiger partial charge in [0.05, 0.1) is 39.9 Å². The van der Waals surface area contributed by atoms with Gasteiger partial charge < -0.3 is 28.8 Å². The number of aliphatic hydroxyl groups excluding tert-OH is 1. The SMILES string of the molecule is CC/C=C\C/C=C\C/C=C\C/C=C\C/C=C\C/C=C\C/C=C\CCCCCCCCCCCCCCCCCCCC(=O)NC(COP(=O)([O-])OCC[N+](C)(C)C)C(O)/C=C/CC/C=C/CC/C=C/CCCCCCCCCCCCCCCCCCC. The third-order valence-electron chi connectivity index (χ3n) is 16.1. The summed E-state index contributed by atoms with van der Waals surface area (Å²) in [5, 5.41) is 13.9. The first-order valence-electron chi connectivity index (χ1n) is 36.9. The fourth-order valence-electron chi connectivity index (χ4n) is 10.5. The molecule has 3 atom stereocenters. The van der Waals surface area contributed by atoms with Crippen LogP contribution in [0.4, 0.5) is 0 Å². The van der Waals surface area contributed by atoms with Crippen molar-refractivity contribution < 1.29 is 32.9 Å². The predicted molar refractivity (Wildman–Crippen MR) is 385 cm³/mol. The molecule has 88 heavy (non-hydrogen) atoms. The molecule has 0 aromatic rings. The zero-order chi connectivity index (χ0) is 64.1. The van der Waals surface area contributed by atoms with Crippen LogP contribution in [0.25, 0.3) is 0 Å². The van der Waals surface area contributed by atoms with E-state index in [9.17, 15) is 19.4 Å². The van der Waals surface area contributed by atoms with Crippen LogP contribution < -0.4 is 10.2 Å². The van der Waals surface area contributed by atoms with Crippen LogP contribution >= 0.6 is 7.82 Å². The molecule has 9 heteroatoms. The lowest BCUT2D eigenvalue weighted by Crippen LogP contribution is -2.45. The molecule has 8 nitrogen and oxygen atoms in total. The molecule has 0 aliphatic heterocycles. The minimum atomic E-state index is -4.62. The van der Waals surface area contributed by atoms with Crippen LogP contribution in [-0.4, -0.2) is 68.5 Å². The summed E-state index contributed by atoms with van der Waals surface area (Å²) in [7, 11) is 1.23. The first-order chi connectivity index (χ1) is 43.0. The average molecular weight is 1250 g/mol. The number of amides is 1. The predicted octanol–water partition coefficient (Wildman–Crippen LogP) is 23.4. The zero-order valence-corrected chi connectivity index (χ0v) is 59.0. The van der Waals surface area contributed by atoms with E-state index in [4.69, 9.17) is 9.05 Å². The Balaban J connectivity index is 4.08. The number of unbranched alkanes of at least 4 members (excludes halogenated alkanes) is 36. The fraction of sp³-hybridized carbons (Fsp3) is 0.734. The first-order valence-corrected chi connectivity index (χ1v) is 38.4. The van der Waals surface area contributed by atoms with Crippen LogP contribution in [0.3, 0.4) is 0 Å². The van der Waals surface area contributed by atoms with Gasteiger partial charge in [0.2, 0.25) is 5.91 Å². The summed E-state index contributed by atoms with van der Waals surface area (Å²) in [6.45, 7) is 4.53. The van der Waals surface area contributed by atoms with Gasteiger partial charge in [-0.15, -0.1) is 0 Å². The highest BCUT2D eigenvalue weighted by Crippen LogP contribution is 2.38. The molecule has 0 aromatic carbocycles. The maximum Gasteiger partial charge on any atom is 0.268 e. The quantitative estimate of drug-likeness (QED) is 0.0272. The number of phosphoric ester groups is 1. The summed E-state index contributed by atoms with van der Waals surface area (Å²) in [6.07, 6.45) is 102. The van der Waals surface area contributed by atoms with Crippen LogP contribution in [0.15, 0.2) is 122 Å². The minimum Gasteiger partial charge on any atom is -0.756 e. The number of nitrogens with one attached hydrogen (secondary N) is 1. The molecule has 0 aromatic heterocycles. The van der Waals surface area contributed by atoms with Gasteiger partial charge >= 0.3 is 0 Å². The number of allylic oxidation sites excluding steroid dienone is 19. The molecule has 0 rings (SSSR count). The molecule has 0 heterocycles. The molecule has 0 aliphatic carbocycles. The van der Waals surface area contributed by atoms with E-state index in [0.717, 1.165) is 89.9 Å². The van der Waals surface area contributed by atoms with Crippen LogP contribution in [0.5, 0.6) is 0 Å². The standard InChI is InChI=1S/C79H141N2O6P/c1-6-8-10-12-14-16-18-20-22-24-26-28-30-32-34-35-36-37-38-39-40-41-42-43-44-45-47-49-51-53-55-57-59-61-63-65-67-69-71-73-79(83)80-77(76-87-88(84,85)86-75-74-81(3,4)5)78(82)72-70-68-66-64-62-60-58-56-54-52-50-48-46-33-31-29-27-25-23-21-19-17-15-13-11-9-7-2/h8,10,14,16,20,22,26,28,32,34,36-37,39-40,54,56,62,64,70,72,77-78,82H,6-7,9,11-13,15,17-19,21,23-25,27,29-31,33,35,38,41-53,55,57-61,63,65-69,71,73-76H2,1-5H3,(H-,80,83,84,85)/b10-8-,16-14-,22-20-,28-26-,34-32-,37-36-,40-39-,56-54+,64-62+,72-70+. The number of hydrogen-bond acceptors (Lipinski definition) is 6. The number of rotatable bonds is 67. The van der Waals surface area contributed by atoms with Gasteiger partial charge in [-0.2, -0.15) is 0 Å². The Morgan fingerprint density at radius 1 is 0.409 bits per heavy atom. The number of nitrogens with zero attached hydrogens (tertiary/aromatic N) is 1. The number of carbonyl (C=O) groups is 1. The van der Waals surface area contributed by atoms with Gasteiger partial charge in [0, 0.05) is 6.42 Å². The van der Waals surface area contributed by atoms with Crippen molar-refractivity contribution in [1.82, 2.24) is 5.32 Å². The van der Waals surface area contributed by atoms with E-state index in [2.05, 4.69) is 129 Å². The largest absolute Gasteiger partial charge is 0.756 e. The van der Waals surface area contributed by atoms with E-state index in [1.807, 2.05) is 27.2 Å². The number of carbonyl (C=O) groups excluding carboxylic acids is 1. The second-order valence-electron chi connectivity index (χ2n) is 25.9. The molecule has 2 N–H and O–H groups in total. The van der Waals surface area contributed by atoms with Crippen molar-refractivity contribution in [2.45, 2.75) is 334 Å². The van der Waals surface area contributed by atoms with Crippen molar-refractivity contribution in [1.29, 1.82) is 0 Å². The Kier molecular flexibility index (Phi) is 65.9. The van der Waals surface area contributed by atoms with E-state index in [1.54, 1.807) is 6.08 Å².